The molecule has 1 atom stereocenters. The maximum Gasteiger partial charge on any atom is 0.165 e. The second-order valence-corrected chi connectivity index (χ2v) is 5.84. The third-order valence-corrected chi connectivity index (χ3v) is 4.59. The third kappa shape index (κ3) is 3.06. The topological polar surface area (TPSA) is 48.3 Å². The normalized spacial score (nSPS) is 16.9. The fourth-order valence-electron chi connectivity index (χ4n) is 3.43. The molecule has 0 aliphatic heterocycles. The van der Waals surface area contributed by atoms with Crippen LogP contribution >= 0.6 is 0 Å². The van der Waals surface area contributed by atoms with Gasteiger partial charge in [0.25, 0.3) is 0 Å². The molecule has 1 aromatic carbocycles. The number of aryl methyl sites for hydroxylation is 1. The lowest BCUT2D eigenvalue weighted by Crippen LogP contribution is -2.25. The molecular weight excluding hydrogens is 290 g/mol. The summed E-state index contributed by atoms with van der Waals surface area (Å²) in [5, 5.41) is 8.18. The summed E-state index contributed by atoms with van der Waals surface area (Å²) >= 11 is 0. The molecule has 124 valence electrons. The molecule has 3 rings (SSSR count). The first-order valence-corrected chi connectivity index (χ1v) is 8.26. The Balaban J connectivity index is 1.76. The number of hydrogen-bond donors (Lipinski definition) is 1. The highest BCUT2D eigenvalue weighted by atomic mass is 16.5. The number of para-hydroxylation sites is 1. The number of rotatable bonds is 6. The van der Waals surface area contributed by atoms with Crippen molar-refractivity contribution in [2.45, 2.75) is 45.3 Å². The summed E-state index contributed by atoms with van der Waals surface area (Å²) in [7, 11) is 3.35. The van der Waals surface area contributed by atoms with E-state index in [-0.39, 0.29) is 0 Å². The lowest BCUT2D eigenvalue weighted by atomic mass is 9.92. The zero-order valence-corrected chi connectivity index (χ0v) is 14.1. The van der Waals surface area contributed by atoms with Gasteiger partial charge in [-0.2, -0.15) is 5.10 Å². The molecule has 0 fully saturated rings. The SMILES string of the molecule is CCn1ncc2c1CCCC2NCc1cccc(OC)c1OC. The smallest absolute Gasteiger partial charge is 0.165 e. The minimum Gasteiger partial charge on any atom is -0.493 e. The molecule has 0 spiro atoms. The zero-order chi connectivity index (χ0) is 16.2. The van der Waals surface area contributed by atoms with Gasteiger partial charge in [0.15, 0.2) is 11.5 Å². The van der Waals surface area contributed by atoms with Gasteiger partial charge in [-0.05, 0) is 32.3 Å². The second-order valence-electron chi connectivity index (χ2n) is 5.84. The highest BCUT2D eigenvalue weighted by molar-refractivity contribution is 5.46. The molecule has 1 aromatic heterocycles. The quantitative estimate of drug-likeness (QED) is 0.890. The summed E-state index contributed by atoms with van der Waals surface area (Å²) in [6.45, 7) is 3.83. The van der Waals surface area contributed by atoms with Gasteiger partial charge < -0.3 is 14.8 Å². The lowest BCUT2D eigenvalue weighted by Gasteiger charge is -2.25. The maximum absolute atomic E-state index is 5.52. The Hall–Kier alpha value is -2.01. The van der Waals surface area contributed by atoms with Crippen LogP contribution in [0.4, 0.5) is 0 Å². The van der Waals surface area contributed by atoms with Crippen LogP contribution in [0.3, 0.4) is 0 Å². The molecule has 0 amide bonds. The van der Waals surface area contributed by atoms with E-state index >= 15 is 0 Å². The molecule has 0 saturated carbocycles. The van der Waals surface area contributed by atoms with Crippen molar-refractivity contribution in [3.8, 4) is 11.5 Å². The van der Waals surface area contributed by atoms with Crippen LogP contribution < -0.4 is 14.8 Å². The van der Waals surface area contributed by atoms with Crippen LogP contribution in [0.2, 0.25) is 0 Å². The average molecular weight is 315 g/mol. The number of ether oxygens (including phenoxy) is 2. The van der Waals surface area contributed by atoms with Crippen LogP contribution in [-0.2, 0) is 19.5 Å². The second kappa shape index (κ2) is 7.04. The van der Waals surface area contributed by atoms with Gasteiger partial charge in [-0.1, -0.05) is 12.1 Å². The molecule has 5 nitrogen and oxygen atoms in total. The molecule has 1 N–H and O–H groups in total. The predicted octanol–water partition coefficient (Wildman–Crippen LogP) is 3.09. The van der Waals surface area contributed by atoms with E-state index in [1.54, 1.807) is 14.2 Å². The molecule has 1 heterocycles. The predicted molar refractivity (Wildman–Crippen MR) is 90.0 cm³/mol. The summed E-state index contributed by atoms with van der Waals surface area (Å²) < 4.78 is 13.0. The Kier molecular flexibility index (Phi) is 4.86. The van der Waals surface area contributed by atoms with Crippen LogP contribution in [0.15, 0.2) is 24.4 Å². The molecule has 0 bridgehead atoms. The van der Waals surface area contributed by atoms with E-state index in [2.05, 4.69) is 28.1 Å². The molecule has 1 aliphatic carbocycles. The number of fused-ring (bicyclic) bond motifs is 1. The number of hydrogen-bond acceptors (Lipinski definition) is 4. The van der Waals surface area contributed by atoms with Gasteiger partial charge in [0.05, 0.1) is 20.4 Å². The van der Waals surface area contributed by atoms with Crippen molar-refractivity contribution in [2.24, 2.45) is 0 Å². The minimum absolute atomic E-state index is 0.356. The highest BCUT2D eigenvalue weighted by Crippen LogP contribution is 2.33. The number of aromatic nitrogens is 2. The van der Waals surface area contributed by atoms with Crippen molar-refractivity contribution in [1.82, 2.24) is 15.1 Å². The van der Waals surface area contributed by atoms with Crippen LogP contribution in [0.5, 0.6) is 11.5 Å². The molecule has 1 unspecified atom stereocenters. The van der Waals surface area contributed by atoms with E-state index in [9.17, 15) is 0 Å². The Morgan fingerprint density at radius 2 is 2.17 bits per heavy atom. The number of methoxy groups -OCH3 is 2. The van der Waals surface area contributed by atoms with Crippen molar-refractivity contribution in [2.75, 3.05) is 14.2 Å². The van der Waals surface area contributed by atoms with Gasteiger partial charge in [0.2, 0.25) is 0 Å². The first kappa shape index (κ1) is 15.9. The first-order chi connectivity index (χ1) is 11.3. The van der Waals surface area contributed by atoms with Gasteiger partial charge in [0.1, 0.15) is 0 Å². The Morgan fingerprint density at radius 3 is 2.91 bits per heavy atom. The van der Waals surface area contributed by atoms with Crippen molar-refractivity contribution in [1.29, 1.82) is 0 Å². The zero-order valence-electron chi connectivity index (χ0n) is 14.1. The minimum atomic E-state index is 0.356. The maximum atomic E-state index is 5.52. The standard InChI is InChI=1S/C18H25N3O2/c1-4-21-16-9-6-8-15(14(16)12-20-21)19-11-13-7-5-10-17(22-2)18(13)23-3/h5,7,10,12,15,19H,4,6,8-9,11H2,1-3H3. The van der Waals surface area contributed by atoms with Gasteiger partial charge in [-0.15, -0.1) is 0 Å². The van der Waals surface area contributed by atoms with Crippen molar-refractivity contribution in [3.05, 3.63) is 41.2 Å². The largest absolute Gasteiger partial charge is 0.493 e. The summed E-state index contributed by atoms with van der Waals surface area (Å²) in [4.78, 5) is 0. The van der Waals surface area contributed by atoms with Crippen molar-refractivity contribution in [3.63, 3.8) is 0 Å². The Bertz CT molecular complexity index is 666. The van der Waals surface area contributed by atoms with Gasteiger partial charge >= 0.3 is 0 Å². The van der Waals surface area contributed by atoms with E-state index in [4.69, 9.17) is 9.47 Å². The summed E-state index contributed by atoms with van der Waals surface area (Å²) in [5.74, 6) is 1.58. The van der Waals surface area contributed by atoms with E-state index in [1.165, 1.54) is 17.7 Å². The summed E-state index contributed by atoms with van der Waals surface area (Å²) in [5.41, 5.74) is 3.84. The van der Waals surface area contributed by atoms with Crippen LogP contribution in [-0.4, -0.2) is 24.0 Å². The van der Waals surface area contributed by atoms with Gasteiger partial charge in [-0.25, -0.2) is 0 Å². The molecule has 0 saturated heterocycles. The van der Waals surface area contributed by atoms with E-state index in [0.29, 0.717) is 6.04 Å². The molecule has 0 radical (unpaired) electrons. The molecular formula is C18H25N3O2. The van der Waals surface area contributed by atoms with Crippen molar-refractivity contribution < 1.29 is 9.47 Å². The van der Waals surface area contributed by atoms with Crippen LogP contribution in [0.25, 0.3) is 0 Å². The fourth-order valence-corrected chi connectivity index (χ4v) is 3.43. The van der Waals surface area contributed by atoms with E-state index < -0.39 is 0 Å². The monoisotopic (exact) mass is 315 g/mol. The van der Waals surface area contributed by atoms with Gasteiger partial charge in [-0.3, -0.25) is 4.68 Å². The molecule has 1 aliphatic rings. The summed E-state index contributed by atoms with van der Waals surface area (Å²) in [6, 6.07) is 6.36. The van der Waals surface area contributed by atoms with Crippen LogP contribution in [0.1, 0.15) is 42.6 Å². The lowest BCUT2D eigenvalue weighted by molar-refractivity contribution is 0.348. The molecule has 23 heavy (non-hydrogen) atoms. The number of nitrogens with zero attached hydrogens (tertiary/aromatic N) is 2. The number of benzene rings is 1. The average Bonchev–Trinajstić information content (AvgIpc) is 3.03. The molecule has 5 heteroatoms. The Labute approximate surface area is 137 Å². The van der Waals surface area contributed by atoms with Crippen LogP contribution in [0, 0.1) is 0 Å². The summed E-state index contributed by atoms with van der Waals surface area (Å²) in [6.07, 6.45) is 5.50. The highest BCUT2D eigenvalue weighted by Gasteiger charge is 2.24. The van der Waals surface area contributed by atoms with Gasteiger partial charge in [0, 0.05) is 36.0 Å². The van der Waals surface area contributed by atoms with E-state index in [1.807, 2.05) is 18.3 Å². The fraction of sp³-hybridized carbons (Fsp3) is 0.500. The first-order valence-electron chi connectivity index (χ1n) is 8.26. The third-order valence-electron chi connectivity index (χ3n) is 4.59. The Morgan fingerprint density at radius 1 is 1.30 bits per heavy atom. The van der Waals surface area contributed by atoms with Crippen molar-refractivity contribution >= 4 is 0 Å². The molecule has 2 aromatic rings. The number of nitrogens with one attached hydrogen (secondary N) is 1. The van der Waals surface area contributed by atoms with E-state index in [0.717, 1.165) is 43.0 Å².